The van der Waals surface area contributed by atoms with Gasteiger partial charge in [0.1, 0.15) is 11.6 Å². The Hall–Kier alpha value is -2.52. The van der Waals surface area contributed by atoms with Crippen molar-refractivity contribution >= 4 is 12.0 Å². The molecule has 1 aromatic rings. The van der Waals surface area contributed by atoms with Crippen LogP contribution < -0.4 is 9.47 Å². The maximum atomic E-state index is 12.4. The first-order valence-corrected chi connectivity index (χ1v) is 7.16. The van der Waals surface area contributed by atoms with Crippen LogP contribution in [0.25, 0.3) is 6.08 Å². The van der Waals surface area contributed by atoms with Crippen molar-refractivity contribution in [2.45, 2.75) is 0 Å². The maximum absolute atomic E-state index is 12.4. The summed E-state index contributed by atoms with van der Waals surface area (Å²) in [5.41, 5.74) is 0.895. The number of hydrogen-bond acceptors (Lipinski definition) is 5. The minimum absolute atomic E-state index is 0.142. The summed E-state index contributed by atoms with van der Waals surface area (Å²) in [6.45, 7) is 3.15. The Morgan fingerprint density at radius 2 is 1.95 bits per heavy atom. The third-order valence-electron chi connectivity index (χ3n) is 3.85. The third-order valence-corrected chi connectivity index (χ3v) is 3.85. The summed E-state index contributed by atoms with van der Waals surface area (Å²) in [6.07, 6.45) is 1.60. The zero-order valence-corrected chi connectivity index (χ0v) is 12.4. The van der Waals surface area contributed by atoms with Gasteiger partial charge in [-0.05, 0) is 30.8 Å². The first-order chi connectivity index (χ1) is 10.7. The summed E-state index contributed by atoms with van der Waals surface area (Å²) >= 11 is 0. The number of carbonyl (C=O) groups is 1. The van der Waals surface area contributed by atoms with Crippen LogP contribution in [0.3, 0.4) is 0 Å². The van der Waals surface area contributed by atoms with E-state index in [0.717, 1.165) is 18.7 Å². The van der Waals surface area contributed by atoms with Crippen LogP contribution in [0.15, 0.2) is 23.8 Å². The molecule has 22 heavy (non-hydrogen) atoms. The quantitative estimate of drug-likeness (QED) is 0.604. The molecule has 0 N–H and O–H groups in total. The van der Waals surface area contributed by atoms with Gasteiger partial charge in [-0.25, -0.2) is 0 Å². The highest BCUT2D eigenvalue weighted by molar-refractivity contribution is 6.01. The van der Waals surface area contributed by atoms with Crippen LogP contribution >= 0.6 is 0 Å². The molecule has 0 unspecified atom stereocenters. The van der Waals surface area contributed by atoms with E-state index in [1.807, 2.05) is 19.2 Å². The Morgan fingerprint density at radius 1 is 1.23 bits per heavy atom. The van der Waals surface area contributed by atoms with Crippen molar-refractivity contribution in [2.24, 2.45) is 0 Å². The average Bonchev–Trinajstić information content (AvgIpc) is 3.00. The van der Waals surface area contributed by atoms with Crippen molar-refractivity contribution in [3.63, 3.8) is 0 Å². The SMILES string of the molecule is CN1CCN(C(=O)/C(C#N)=C/c2ccc3c(c2)OCO3)CC1. The minimum atomic E-state index is -0.215. The predicted molar refractivity (Wildman–Crippen MR) is 80.2 cm³/mol. The van der Waals surface area contributed by atoms with Crippen LogP contribution in [0.2, 0.25) is 0 Å². The number of likely N-dealkylation sites (N-methyl/N-ethyl adjacent to an activating group) is 1. The van der Waals surface area contributed by atoms with Crippen molar-refractivity contribution in [3.8, 4) is 17.6 Å². The van der Waals surface area contributed by atoms with Crippen molar-refractivity contribution in [3.05, 3.63) is 29.3 Å². The highest BCUT2D eigenvalue weighted by Crippen LogP contribution is 2.33. The third kappa shape index (κ3) is 2.90. The van der Waals surface area contributed by atoms with Gasteiger partial charge in [-0.3, -0.25) is 4.79 Å². The van der Waals surface area contributed by atoms with Gasteiger partial charge in [0, 0.05) is 26.2 Å². The lowest BCUT2D eigenvalue weighted by Crippen LogP contribution is -2.47. The monoisotopic (exact) mass is 299 g/mol. The number of carbonyl (C=O) groups excluding carboxylic acids is 1. The number of fused-ring (bicyclic) bond motifs is 1. The smallest absolute Gasteiger partial charge is 0.264 e. The van der Waals surface area contributed by atoms with Crippen molar-refractivity contribution in [1.29, 1.82) is 5.26 Å². The molecule has 0 radical (unpaired) electrons. The van der Waals surface area contributed by atoms with Gasteiger partial charge in [-0.1, -0.05) is 6.07 Å². The van der Waals surface area contributed by atoms with Gasteiger partial charge in [0.15, 0.2) is 11.5 Å². The Morgan fingerprint density at radius 3 is 2.68 bits per heavy atom. The van der Waals surface area contributed by atoms with Crippen molar-refractivity contribution in [2.75, 3.05) is 40.0 Å². The summed E-state index contributed by atoms with van der Waals surface area (Å²) in [5.74, 6) is 1.10. The number of rotatable bonds is 2. The molecule has 3 rings (SSSR count). The van der Waals surface area contributed by atoms with Crippen molar-refractivity contribution in [1.82, 2.24) is 9.80 Å². The molecule has 2 heterocycles. The Kier molecular flexibility index (Phi) is 3.98. The molecule has 6 heteroatoms. The maximum Gasteiger partial charge on any atom is 0.264 e. The van der Waals surface area contributed by atoms with E-state index in [-0.39, 0.29) is 18.3 Å². The summed E-state index contributed by atoms with van der Waals surface area (Å²) in [5, 5.41) is 9.30. The topological polar surface area (TPSA) is 65.8 Å². The molecule has 0 spiro atoms. The summed E-state index contributed by atoms with van der Waals surface area (Å²) in [7, 11) is 2.02. The van der Waals surface area contributed by atoms with E-state index in [9.17, 15) is 10.1 Å². The molecule has 0 bridgehead atoms. The van der Waals surface area contributed by atoms with Gasteiger partial charge < -0.3 is 19.3 Å². The summed E-state index contributed by atoms with van der Waals surface area (Å²) < 4.78 is 10.6. The van der Waals surface area contributed by atoms with E-state index in [0.29, 0.717) is 24.6 Å². The number of nitrogens with zero attached hydrogens (tertiary/aromatic N) is 3. The van der Waals surface area contributed by atoms with E-state index in [1.54, 1.807) is 23.1 Å². The first-order valence-electron chi connectivity index (χ1n) is 7.16. The van der Waals surface area contributed by atoms with Crippen LogP contribution in [-0.4, -0.2) is 55.7 Å². The highest BCUT2D eigenvalue weighted by atomic mass is 16.7. The number of benzene rings is 1. The van der Waals surface area contributed by atoms with Crippen LogP contribution in [0, 0.1) is 11.3 Å². The second-order valence-corrected chi connectivity index (χ2v) is 5.38. The largest absolute Gasteiger partial charge is 0.454 e. The molecule has 6 nitrogen and oxygen atoms in total. The molecule has 1 fully saturated rings. The minimum Gasteiger partial charge on any atom is -0.454 e. The molecule has 0 aromatic heterocycles. The Labute approximate surface area is 129 Å². The standard InChI is InChI=1S/C16H17N3O3/c1-18-4-6-19(7-5-18)16(20)13(10-17)8-12-2-3-14-15(9-12)22-11-21-14/h2-3,8-9H,4-7,11H2,1H3/b13-8+. The molecular formula is C16H17N3O3. The average molecular weight is 299 g/mol. The molecular weight excluding hydrogens is 282 g/mol. The van der Waals surface area contributed by atoms with Gasteiger partial charge in [0.25, 0.3) is 5.91 Å². The van der Waals surface area contributed by atoms with E-state index in [1.165, 1.54) is 0 Å². The molecule has 1 aromatic carbocycles. The first kappa shape index (κ1) is 14.4. The zero-order valence-electron chi connectivity index (χ0n) is 12.4. The van der Waals surface area contributed by atoms with Gasteiger partial charge in [0.05, 0.1) is 0 Å². The van der Waals surface area contributed by atoms with E-state index in [2.05, 4.69) is 4.90 Å². The number of nitriles is 1. The highest BCUT2D eigenvalue weighted by Gasteiger charge is 2.22. The van der Waals surface area contributed by atoms with Crippen LogP contribution in [0.4, 0.5) is 0 Å². The second kappa shape index (κ2) is 6.08. The van der Waals surface area contributed by atoms with Crippen LogP contribution in [-0.2, 0) is 4.79 Å². The number of ether oxygens (including phenoxy) is 2. The Balaban J connectivity index is 1.78. The van der Waals surface area contributed by atoms with E-state index in [4.69, 9.17) is 9.47 Å². The lowest BCUT2D eigenvalue weighted by atomic mass is 10.1. The number of piperazine rings is 1. The normalized spacial score (nSPS) is 18.2. The fraction of sp³-hybridized carbons (Fsp3) is 0.375. The lowest BCUT2D eigenvalue weighted by Gasteiger charge is -2.32. The fourth-order valence-electron chi connectivity index (χ4n) is 2.49. The molecule has 0 saturated carbocycles. The predicted octanol–water partition coefficient (Wildman–Crippen LogP) is 1.10. The second-order valence-electron chi connectivity index (χ2n) is 5.38. The molecule has 114 valence electrons. The molecule has 0 aliphatic carbocycles. The molecule has 1 amide bonds. The van der Waals surface area contributed by atoms with Gasteiger partial charge in [0.2, 0.25) is 6.79 Å². The Bertz CT molecular complexity index is 655. The molecule has 2 aliphatic rings. The number of amides is 1. The summed E-state index contributed by atoms with van der Waals surface area (Å²) in [4.78, 5) is 16.3. The van der Waals surface area contributed by atoms with Gasteiger partial charge >= 0.3 is 0 Å². The van der Waals surface area contributed by atoms with Crippen LogP contribution in [0.5, 0.6) is 11.5 Å². The van der Waals surface area contributed by atoms with E-state index < -0.39 is 0 Å². The fourth-order valence-corrected chi connectivity index (χ4v) is 2.49. The molecule has 2 aliphatic heterocycles. The number of hydrogen-bond donors (Lipinski definition) is 0. The summed E-state index contributed by atoms with van der Waals surface area (Å²) in [6, 6.07) is 7.37. The van der Waals surface area contributed by atoms with Crippen LogP contribution in [0.1, 0.15) is 5.56 Å². The van der Waals surface area contributed by atoms with Crippen molar-refractivity contribution < 1.29 is 14.3 Å². The zero-order chi connectivity index (χ0) is 15.5. The van der Waals surface area contributed by atoms with E-state index >= 15 is 0 Å². The van der Waals surface area contributed by atoms with Gasteiger partial charge in [-0.2, -0.15) is 5.26 Å². The lowest BCUT2D eigenvalue weighted by molar-refractivity contribution is -0.128. The molecule has 0 atom stereocenters. The van der Waals surface area contributed by atoms with Gasteiger partial charge in [-0.15, -0.1) is 0 Å². The molecule has 1 saturated heterocycles.